The zero-order valence-electron chi connectivity index (χ0n) is 45.5. The maximum atomic E-state index is 12.9. The number of carbonyl (C=O) groups is 3. The van der Waals surface area contributed by atoms with Crippen molar-refractivity contribution in [3.8, 4) is 0 Å². The van der Waals surface area contributed by atoms with E-state index < -0.39 is 6.10 Å². The molecule has 0 aromatic rings. The molecule has 70 heavy (non-hydrogen) atoms. The molecule has 0 aromatic carbocycles. The van der Waals surface area contributed by atoms with E-state index in [-0.39, 0.29) is 31.1 Å². The third-order valence-corrected chi connectivity index (χ3v) is 12.0. The van der Waals surface area contributed by atoms with Crippen LogP contribution in [0.1, 0.15) is 258 Å². The summed E-state index contributed by atoms with van der Waals surface area (Å²) in [6, 6.07) is 0. The van der Waals surface area contributed by atoms with Gasteiger partial charge in [0.15, 0.2) is 6.10 Å². The zero-order chi connectivity index (χ0) is 50.7. The minimum Gasteiger partial charge on any atom is -0.462 e. The Bertz CT molecular complexity index is 1440. The number of allylic oxidation sites excluding steroid dienone is 18. The van der Waals surface area contributed by atoms with Gasteiger partial charge in [-0.05, 0) is 128 Å². The molecule has 0 aliphatic carbocycles. The third-order valence-electron chi connectivity index (χ3n) is 12.0. The van der Waals surface area contributed by atoms with Gasteiger partial charge in [0.25, 0.3) is 0 Å². The van der Waals surface area contributed by atoms with Gasteiger partial charge in [0.1, 0.15) is 13.2 Å². The van der Waals surface area contributed by atoms with Gasteiger partial charge in [-0.3, -0.25) is 14.4 Å². The zero-order valence-corrected chi connectivity index (χ0v) is 45.5. The van der Waals surface area contributed by atoms with Gasteiger partial charge in [-0.1, -0.05) is 220 Å². The van der Waals surface area contributed by atoms with E-state index in [1.807, 2.05) is 0 Å². The summed E-state index contributed by atoms with van der Waals surface area (Å²) in [7, 11) is 0. The van der Waals surface area contributed by atoms with Crippen molar-refractivity contribution in [2.75, 3.05) is 13.2 Å². The van der Waals surface area contributed by atoms with E-state index in [0.29, 0.717) is 19.3 Å². The van der Waals surface area contributed by atoms with E-state index in [1.165, 1.54) is 57.8 Å². The Morgan fingerprint density at radius 2 is 0.557 bits per heavy atom. The van der Waals surface area contributed by atoms with Gasteiger partial charge >= 0.3 is 17.9 Å². The minimum atomic E-state index is -0.802. The van der Waals surface area contributed by atoms with E-state index in [1.54, 1.807) is 0 Å². The molecule has 0 N–H and O–H groups in total. The standard InChI is InChI=1S/C64H106O6/c1-4-7-10-13-16-19-22-25-28-30-31-32-33-34-37-39-42-45-48-51-54-57-63(66)69-60-61(59-68-62(65)56-53-50-47-44-41-38-35-27-24-21-18-15-12-9-6-3)70-64(67)58-55-52-49-46-43-40-36-29-26-23-20-17-14-11-8-5-2/h7,10,16,18-21,23,25,27-29,31-32,34-37,61H,4-6,8-9,11-15,17,22,24,26,30,33,38-60H2,1-3H3/b10-7-,19-16-,21-18-,23-20-,28-25-,32-31-,35-27-,36-29-,37-34-. The highest BCUT2D eigenvalue weighted by molar-refractivity contribution is 5.71. The monoisotopic (exact) mass is 971 g/mol. The Kier molecular flexibility index (Phi) is 54.4. The molecule has 0 aliphatic heterocycles. The first-order chi connectivity index (χ1) is 34.5. The molecule has 0 spiro atoms. The van der Waals surface area contributed by atoms with E-state index >= 15 is 0 Å². The number of carbonyl (C=O) groups excluding carboxylic acids is 3. The largest absolute Gasteiger partial charge is 0.462 e. The van der Waals surface area contributed by atoms with Crippen LogP contribution in [0.4, 0.5) is 0 Å². The van der Waals surface area contributed by atoms with Crippen LogP contribution in [0.15, 0.2) is 109 Å². The molecule has 1 unspecified atom stereocenters. The van der Waals surface area contributed by atoms with Gasteiger partial charge in [-0.25, -0.2) is 0 Å². The number of hydrogen-bond donors (Lipinski definition) is 0. The van der Waals surface area contributed by atoms with Gasteiger partial charge in [-0.2, -0.15) is 0 Å². The van der Waals surface area contributed by atoms with Crippen LogP contribution in [0.5, 0.6) is 0 Å². The average Bonchev–Trinajstić information content (AvgIpc) is 3.36. The third kappa shape index (κ3) is 55.0. The summed E-state index contributed by atoms with van der Waals surface area (Å²) < 4.78 is 16.8. The molecule has 0 saturated carbocycles. The average molecular weight is 972 g/mol. The molecule has 398 valence electrons. The number of ether oxygens (including phenoxy) is 3. The summed E-state index contributed by atoms with van der Waals surface area (Å²) in [6.45, 7) is 6.44. The number of hydrogen-bond acceptors (Lipinski definition) is 6. The second-order valence-corrected chi connectivity index (χ2v) is 18.8. The lowest BCUT2D eigenvalue weighted by Crippen LogP contribution is -2.30. The lowest BCUT2D eigenvalue weighted by atomic mass is 10.1. The molecule has 1 atom stereocenters. The molecule has 6 heteroatoms. The Morgan fingerprint density at radius 1 is 0.300 bits per heavy atom. The summed E-state index contributed by atoms with van der Waals surface area (Å²) in [5.41, 5.74) is 0. The fourth-order valence-corrected chi connectivity index (χ4v) is 7.65. The highest BCUT2D eigenvalue weighted by Gasteiger charge is 2.19. The van der Waals surface area contributed by atoms with Gasteiger partial charge in [0.2, 0.25) is 0 Å². The second-order valence-electron chi connectivity index (χ2n) is 18.8. The number of rotatable bonds is 51. The van der Waals surface area contributed by atoms with Crippen LogP contribution in [0.2, 0.25) is 0 Å². The van der Waals surface area contributed by atoms with Crippen molar-refractivity contribution < 1.29 is 28.6 Å². The van der Waals surface area contributed by atoms with Crippen LogP contribution in [0.25, 0.3) is 0 Å². The predicted octanol–water partition coefficient (Wildman–Crippen LogP) is 19.5. The van der Waals surface area contributed by atoms with Crippen LogP contribution in [0.3, 0.4) is 0 Å². The maximum absolute atomic E-state index is 12.9. The number of esters is 3. The van der Waals surface area contributed by atoms with Gasteiger partial charge in [-0.15, -0.1) is 0 Å². The fraction of sp³-hybridized carbons (Fsp3) is 0.672. The summed E-state index contributed by atoms with van der Waals surface area (Å²) in [6.07, 6.45) is 77.8. The normalized spacial score (nSPS) is 12.9. The van der Waals surface area contributed by atoms with Gasteiger partial charge in [0, 0.05) is 19.3 Å². The lowest BCUT2D eigenvalue weighted by molar-refractivity contribution is -0.167. The lowest BCUT2D eigenvalue weighted by Gasteiger charge is -2.18. The molecule has 0 bridgehead atoms. The Morgan fingerprint density at radius 3 is 0.900 bits per heavy atom. The van der Waals surface area contributed by atoms with E-state index in [4.69, 9.17) is 14.2 Å². The summed E-state index contributed by atoms with van der Waals surface area (Å²) in [5.74, 6) is -0.944. The van der Waals surface area contributed by atoms with E-state index in [0.717, 1.165) is 161 Å². The van der Waals surface area contributed by atoms with Crippen LogP contribution in [-0.4, -0.2) is 37.2 Å². The molecule has 0 heterocycles. The second kappa shape index (κ2) is 57.6. The Hall–Kier alpha value is -3.93. The van der Waals surface area contributed by atoms with Crippen molar-refractivity contribution in [1.82, 2.24) is 0 Å². The van der Waals surface area contributed by atoms with E-state index in [9.17, 15) is 14.4 Å². The van der Waals surface area contributed by atoms with Crippen molar-refractivity contribution in [2.24, 2.45) is 0 Å². The first kappa shape index (κ1) is 66.1. The smallest absolute Gasteiger partial charge is 0.306 e. The number of unbranched alkanes of at least 4 members (excludes halogenated alkanes) is 22. The molecule has 0 aliphatic rings. The van der Waals surface area contributed by atoms with Crippen molar-refractivity contribution in [3.05, 3.63) is 109 Å². The first-order valence-electron chi connectivity index (χ1n) is 28.9. The van der Waals surface area contributed by atoms with Gasteiger partial charge in [0.05, 0.1) is 0 Å². The minimum absolute atomic E-state index is 0.0989. The van der Waals surface area contributed by atoms with Crippen LogP contribution < -0.4 is 0 Å². The van der Waals surface area contributed by atoms with Crippen LogP contribution in [-0.2, 0) is 28.6 Å². The topological polar surface area (TPSA) is 78.9 Å². The highest BCUT2D eigenvalue weighted by Crippen LogP contribution is 2.13. The molecule has 0 rings (SSSR count). The van der Waals surface area contributed by atoms with Gasteiger partial charge < -0.3 is 14.2 Å². The SMILES string of the molecule is CC/C=C\C/C=C\C/C=C\C/C=C\C/C=C\CCCCCCCC(=O)OCC(COC(=O)CCCCCCC/C=C\C/C=C\CCCCC)OC(=O)CCCCCCC/C=C\C/C=C\CCCCCC. The highest BCUT2D eigenvalue weighted by atomic mass is 16.6. The quantitative estimate of drug-likeness (QED) is 0.0262. The predicted molar refractivity (Wildman–Crippen MR) is 302 cm³/mol. The van der Waals surface area contributed by atoms with Crippen molar-refractivity contribution >= 4 is 17.9 Å². The fourth-order valence-electron chi connectivity index (χ4n) is 7.65. The van der Waals surface area contributed by atoms with Crippen molar-refractivity contribution in [3.63, 3.8) is 0 Å². The Labute approximate surface area is 431 Å². The summed E-state index contributed by atoms with van der Waals surface area (Å²) >= 11 is 0. The van der Waals surface area contributed by atoms with Crippen LogP contribution in [0, 0.1) is 0 Å². The van der Waals surface area contributed by atoms with E-state index in [2.05, 4.69) is 130 Å². The molecule has 0 saturated heterocycles. The molecule has 6 nitrogen and oxygen atoms in total. The first-order valence-corrected chi connectivity index (χ1v) is 28.9. The molecular weight excluding hydrogens is 865 g/mol. The maximum Gasteiger partial charge on any atom is 0.306 e. The molecule has 0 fully saturated rings. The summed E-state index contributed by atoms with van der Waals surface area (Å²) in [5, 5.41) is 0. The van der Waals surface area contributed by atoms with Crippen molar-refractivity contribution in [2.45, 2.75) is 264 Å². The van der Waals surface area contributed by atoms with Crippen LogP contribution >= 0.6 is 0 Å². The molecule has 0 radical (unpaired) electrons. The Balaban J connectivity index is 4.47. The summed E-state index contributed by atoms with van der Waals surface area (Å²) in [4.78, 5) is 38.2. The molecule has 0 aromatic heterocycles. The molecule has 0 amide bonds. The van der Waals surface area contributed by atoms with Crippen molar-refractivity contribution in [1.29, 1.82) is 0 Å². The molecular formula is C64H106O6.